The summed E-state index contributed by atoms with van der Waals surface area (Å²) < 4.78 is 57.9. The molecule has 0 saturated carbocycles. The quantitative estimate of drug-likeness (QED) is 0.286. The summed E-state index contributed by atoms with van der Waals surface area (Å²) in [6, 6.07) is 0. The van der Waals surface area contributed by atoms with Crippen molar-refractivity contribution in [2.75, 3.05) is 49.8 Å². The molecule has 188 valence electrons. The second kappa shape index (κ2) is 12.6. The van der Waals surface area contributed by atoms with E-state index in [2.05, 4.69) is 0 Å². The van der Waals surface area contributed by atoms with E-state index in [9.17, 15) is 10.2 Å². The van der Waals surface area contributed by atoms with Gasteiger partial charge in [0.2, 0.25) is 0 Å². The standard InChI is InChI=1S/C18H38O13/c1-12(21-5)14(13(2)22-6)28-18(27-11,30-16(4,24-8)25-9)31-17(20,26-10)29-15(3,19)23-7/h12-14,19-20H,1-11H3/t12-,13+,14?,15-,17-,18+/m0/s1. The second-order valence-electron chi connectivity index (χ2n) is 6.57. The van der Waals surface area contributed by atoms with Crippen molar-refractivity contribution in [3.8, 4) is 0 Å². The van der Waals surface area contributed by atoms with Gasteiger partial charge in [0.15, 0.2) is 0 Å². The Balaban J connectivity index is 6.32. The number of hydrogen-bond donors (Lipinski definition) is 2. The van der Waals surface area contributed by atoms with Crippen LogP contribution in [0.3, 0.4) is 0 Å². The first-order valence-corrected chi connectivity index (χ1v) is 9.28. The third-order valence-electron chi connectivity index (χ3n) is 4.46. The van der Waals surface area contributed by atoms with Crippen molar-refractivity contribution in [2.45, 2.75) is 70.3 Å². The van der Waals surface area contributed by atoms with Crippen molar-refractivity contribution < 1.29 is 62.3 Å². The molecule has 0 amide bonds. The van der Waals surface area contributed by atoms with Gasteiger partial charge >= 0.3 is 12.3 Å². The minimum absolute atomic E-state index is 0.577. The number of aliphatic hydroxyl groups is 2. The van der Waals surface area contributed by atoms with Gasteiger partial charge in [-0.25, -0.2) is 14.2 Å². The molecule has 0 aromatic rings. The molecule has 0 aromatic carbocycles. The Morgan fingerprint density at radius 2 is 1.10 bits per heavy atom. The Bertz CT molecular complexity index is 491. The molecule has 0 rings (SSSR count). The van der Waals surface area contributed by atoms with E-state index < -0.39 is 42.6 Å². The lowest BCUT2D eigenvalue weighted by Gasteiger charge is -2.44. The molecule has 31 heavy (non-hydrogen) atoms. The predicted molar refractivity (Wildman–Crippen MR) is 103 cm³/mol. The monoisotopic (exact) mass is 462 g/mol. The average Bonchev–Trinajstić information content (AvgIpc) is 2.75. The van der Waals surface area contributed by atoms with Crippen molar-refractivity contribution in [3.63, 3.8) is 0 Å². The zero-order chi connectivity index (χ0) is 24.5. The molecule has 0 aliphatic rings. The van der Waals surface area contributed by atoms with Crippen LogP contribution >= 0.6 is 0 Å². The molecule has 13 nitrogen and oxygen atoms in total. The molecule has 0 spiro atoms. The van der Waals surface area contributed by atoms with Gasteiger partial charge in [-0.15, -0.1) is 0 Å². The Labute approximate surface area is 183 Å². The van der Waals surface area contributed by atoms with Crippen LogP contribution in [0.25, 0.3) is 0 Å². The molecule has 6 atom stereocenters. The largest absolute Gasteiger partial charge is 0.423 e. The Kier molecular flexibility index (Phi) is 12.4. The van der Waals surface area contributed by atoms with Crippen LogP contribution in [0, 0.1) is 0 Å². The highest BCUT2D eigenvalue weighted by atomic mass is 17.1. The van der Waals surface area contributed by atoms with Gasteiger partial charge in [0.25, 0.3) is 11.9 Å². The van der Waals surface area contributed by atoms with E-state index in [1.807, 2.05) is 0 Å². The van der Waals surface area contributed by atoms with E-state index >= 15 is 0 Å². The van der Waals surface area contributed by atoms with Crippen LogP contribution in [0.5, 0.6) is 0 Å². The highest BCUT2D eigenvalue weighted by Crippen LogP contribution is 2.34. The van der Waals surface area contributed by atoms with Crippen LogP contribution in [-0.2, 0) is 52.1 Å². The Morgan fingerprint density at radius 1 is 0.613 bits per heavy atom. The molecular weight excluding hydrogens is 424 g/mol. The molecule has 0 aliphatic carbocycles. The first kappa shape index (κ1) is 30.5. The Hall–Kier alpha value is -0.520. The lowest BCUT2D eigenvalue weighted by atomic mass is 10.1. The van der Waals surface area contributed by atoms with Gasteiger partial charge < -0.3 is 43.4 Å². The number of hydrogen-bond acceptors (Lipinski definition) is 13. The molecule has 0 heterocycles. The van der Waals surface area contributed by atoms with Crippen LogP contribution < -0.4 is 0 Å². The summed E-state index contributed by atoms with van der Waals surface area (Å²) in [6.07, 6.45) is -7.66. The molecule has 0 fully saturated rings. The van der Waals surface area contributed by atoms with Crippen molar-refractivity contribution in [1.82, 2.24) is 0 Å². The number of methoxy groups -OCH3 is 7. The van der Waals surface area contributed by atoms with Gasteiger partial charge in [-0.1, -0.05) is 0 Å². The van der Waals surface area contributed by atoms with Crippen molar-refractivity contribution >= 4 is 0 Å². The van der Waals surface area contributed by atoms with Gasteiger partial charge in [0.1, 0.15) is 6.10 Å². The minimum Gasteiger partial charge on any atom is -0.379 e. The highest BCUT2D eigenvalue weighted by molar-refractivity contribution is 4.74. The SMILES string of the molecule is CO[C@@H](C)C(O[C@](OC)(OC(C)(OC)OC)O[C@@](O)(OC)O[C@@](C)(O)OC)[C@@H](C)OC. The van der Waals surface area contributed by atoms with Crippen LogP contribution in [-0.4, -0.2) is 103 Å². The molecule has 13 heteroatoms. The topological polar surface area (TPSA) is 142 Å². The summed E-state index contributed by atoms with van der Waals surface area (Å²) >= 11 is 0. The van der Waals surface area contributed by atoms with Gasteiger partial charge in [-0.2, -0.15) is 0 Å². The lowest BCUT2D eigenvalue weighted by molar-refractivity contribution is -0.661. The predicted octanol–water partition coefficient (Wildman–Crippen LogP) is 0.278. The second-order valence-corrected chi connectivity index (χ2v) is 6.57. The number of rotatable bonds is 17. The van der Waals surface area contributed by atoms with Crippen LogP contribution in [0.1, 0.15) is 27.7 Å². The fraction of sp³-hybridized carbons (Fsp3) is 1.00. The van der Waals surface area contributed by atoms with Crippen molar-refractivity contribution in [2.24, 2.45) is 0 Å². The molecule has 0 radical (unpaired) electrons. The van der Waals surface area contributed by atoms with Gasteiger partial charge in [0, 0.05) is 63.6 Å². The fourth-order valence-electron chi connectivity index (χ4n) is 2.15. The van der Waals surface area contributed by atoms with Crippen LogP contribution in [0.2, 0.25) is 0 Å². The highest BCUT2D eigenvalue weighted by Gasteiger charge is 2.55. The summed E-state index contributed by atoms with van der Waals surface area (Å²) in [5.41, 5.74) is 0. The minimum atomic E-state index is -3.00. The van der Waals surface area contributed by atoms with E-state index in [1.165, 1.54) is 35.4 Å². The maximum absolute atomic E-state index is 10.7. The van der Waals surface area contributed by atoms with E-state index in [4.69, 9.17) is 52.1 Å². The summed E-state index contributed by atoms with van der Waals surface area (Å²) in [5.74, 6) is -4.14. The number of ether oxygens (including phenoxy) is 11. The molecule has 0 saturated heterocycles. The molecule has 0 aliphatic heterocycles. The first-order chi connectivity index (χ1) is 14.2. The maximum Gasteiger partial charge on any atom is 0.423 e. The fourth-order valence-corrected chi connectivity index (χ4v) is 2.15. The maximum atomic E-state index is 10.7. The average molecular weight is 462 g/mol. The summed E-state index contributed by atoms with van der Waals surface area (Å²) in [4.78, 5) is 0. The van der Waals surface area contributed by atoms with Gasteiger partial charge in [-0.3, -0.25) is 4.74 Å². The van der Waals surface area contributed by atoms with Crippen molar-refractivity contribution in [3.05, 3.63) is 0 Å². The van der Waals surface area contributed by atoms with E-state index in [0.29, 0.717) is 0 Å². The zero-order valence-corrected chi connectivity index (χ0v) is 20.1. The molecule has 2 N–H and O–H groups in total. The normalized spacial score (nSPS) is 21.6. The molecule has 0 bridgehead atoms. The van der Waals surface area contributed by atoms with E-state index in [0.717, 1.165) is 28.3 Å². The third-order valence-corrected chi connectivity index (χ3v) is 4.46. The summed E-state index contributed by atoms with van der Waals surface area (Å²) in [7, 11) is 8.76. The molecule has 1 unspecified atom stereocenters. The third kappa shape index (κ3) is 9.09. The first-order valence-electron chi connectivity index (χ1n) is 9.28. The summed E-state index contributed by atoms with van der Waals surface area (Å²) in [5, 5.41) is 20.8. The van der Waals surface area contributed by atoms with E-state index in [-0.39, 0.29) is 0 Å². The van der Waals surface area contributed by atoms with Crippen LogP contribution in [0.4, 0.5) is 0 Å². The molecular formula is C18H38O13. The van der Waals surface area contributed by atoms with Crippen molar-refractivity contribution in [1.29, 1.82) is 0 Å². The smallest absolute Gasteiger partial charge is 0.379 e. The van der Waals surface area contributed by atoms with Gasteiger partial charge in [0.05, 0.1) is 12.2 Å². The molecule has 0 aromatic heterocycles. The van der Waals surface area contributed by atoms with E-state index in [1.54, 1.807) is 13.8 Å². The van der Waals surface area contributed by atoms with Crippen LogP contribution in [0.15, 0.2) is 0 Å². The zero-order valence-electron chi connectivity index (χ0n) is 20.1. The Morgan fingerprint density at radius 3 is 1.42 bits per heavy atom. The van der Waals surface area contributed by atoms with Gasteiger partial charge in [-0.05, 0) is 13.8 Å². The lowest BCUT2D eigenvalue weighted by Crippen LogP contribution is -2.60. The summed E-state index contributed by atoms with van der Waals surface area (Å²) in [6.45, 7) is 5.84.